The molecular formula is C27H32N2O6. The molecule has 186 valence electrons. The predicted molar refractivity (Wildman–Crippen MR) is 130 cm³/mol. The van der Waals surface area contributed by atoms with Crippen LogP contribution in [0.1, 0.15) is 49.7 Å². The summed E-state index contributed by atoms with van der Waals surface area (Å²) in [6.07, 6.45) is 1.45. The number of fused-ring (bicyclic) bond motifs is 3. The largest absolute Gasteiger partial charge is 0.481 e. The van der Waals surface area contributed by atoms with Gasteiger partial charge in [0.05, 0.1) is 6.61 Å². The lowest BCUT2D eigenvalue weighted by molar-refractivity contribution is -0.157. The van der Waals surface area contributed by atoms with Crippen LogP contribution in [0.2, 0.25) is 0 Å². The number of aliphatic carboxylic acids is 1. The van der Waals surface area contributed by atoms with Gasteiger partial charge < -0.3 is 25.2 Å². The van der Waals surface area contributed by atoms with Crippen molar-refractivity contribution in [3.63, 3.8) is 0 Å². The maximum Gasteiger partial charge on any atom is 0.407 e. The van der Waals surface area contributed by atoms with Gasteiger partial charge in [-0.3, -0.25) is 9.59 Å². The molecule has 1 unspecified atom stereocenters. The van der Waals surface area contributed by atoms with Crippen molar-refractivity contribution in [1.29, 1.82) is 0 Å². The third kappa shape index (κ3) is 5.32. The number of carbonyl (C=O) groups is 3. The Morgan fingerprint density at radius 3 is 2.34 bits per heavy atom. The van der Waals surface area contributed by atoms with Crippen LogP contribution in [0.4, 0.5) is 4.79 Å². The van der Waals surface area contributed by atoms with Crippen LogP contribution in [0.15, 0.2) is 48.5 Å². The average molecular weight is 481 g/mol. The van der Waals surface area contributed by atoms with Gasteiger partial charge in [0.2, 0.25) is 5.91 Å². The van der Waals surface area contributed by atoms with Gasteiger partial charge in [0.25, 0.3) is 0 Å². The second kappa shape index (κ2) is 10.9. The molecule has 1 saturated heterocycles. The van der Waals surface area contributed by atoms with Crippen LogP contribution in [0.5, 0.6) is 0 Å². The Balaban J connectivity index is 1.36. The summed E-state index contributed by atoms with van der Waals surface area (Å²) in [7, 11) is 0. The zero-order valence-corrected chi connectivity index (χ0v) is 19.9. The number of hydrogen-bond donors (Lipinski definition) is 3. The molecule has 2 aromatic carbocycles. The number of carboxylic acid groups (broad SMARTS) is 1. The van der Waals surface area contributed by atoms with Gasteiger partial charge in [-0.25, -0.2) is 4.79 Å². The van der Waals surface area contributed by atoms with Gasteiger partial charge in [0.1, 0.15) is 18.1 Å². The van der Waals surface area contributed by atoms with E-state index in [1.807, 2.05) is 43.3 Å². The fourth-order valence-electron chi connectivity index (χ4n) is 4.96. The first-order chi connectivity index (χ1) is 16.9. The first kappa shape index (κ1) is 24.7. The normalized spacial score (nSPS) is 19.8. The van der Waals surface area contributed by atoms with Gasteiger partial charge in [-0.2, -0.15) is 0 Å². The molecule has 4 rings (SSSR count). The molecule has 35 heavy (non-hydrogen) atoms. The summed E-state index contributed by atoms with van der Waals surface area (Å²) >= 11 is 0. The lowest BCUT2D eigenvalue weighted by Crippen LogP contribution is -2.53. The fraction of sp³-hybridized carbons (Fsp3) is 0.444. The van der Waals surface area contributed by atoms with Crippen LogP contribution in [0, 0.1) is 5.41 Å². The molecular weight excluding hydrogens is 448 g/mol. The predicted octanol–water partition coefficient (Wildman–Crippen LogP) is 3.69. The van der Waals surface area contributed by atoms with Crippen molar-refractivity contribution in [3.05, 3.63) is 59.7 Å². The van der Waals surface area contributed by atoms with Gasteiger partial charge in [-0.05, 0) is 41.5 Å². The molecule has 2 aromatic rings. The highest BCUT2D eigenvalue weighted by Crippen LogP contribution is 2.44. The van der Waals surface area contributed by atoms with E-state index in [1.165, 1.54) is 0 Å². The minimum absolute atomic E-state index is 0.0479. The molecule has 0 aromatic heterocycles. The van der Waals surface area contributed by atoms with Crippen molar-refractivity contribution in [3.8, 4) is 11.1 Å². The lowest BCUT2D eigenvalue weighted by atomic mass is 9.82. The summed E-state index contributed by atoms with van der Waals surface area (Å²) in [6.45, 7) is 2.59. The van der Waals surface area contributed by atoms with Crippen molar-refractivity contribution in [2.24, 2.45) is 5.41 Å². The monoisotopic (exact) mass is 480 g/mol. The van der Waals surface area contributed by atoms with Crippen LogP contribution < -0.4 is 10.6 Å². The number of benzene rings is 2. The van der Waals surface area contributed by atoms with E-state index in [9.17, 15) is 19.5 Å². The number of amides is 2. The number of ether oxygens (including phenoxy) is 2. The summed E-state index contributed by atoms with van der Waals surface area (Å²) < 4.78 is 10.9. The molecule has 8 heteroatoms. The Bertz CT molecular complexity index is 1030. The van der Waals surface area contributed by atoms with Crippen LogP contribution >= 0.6 is 0 Å². The topological polar surface area (TPSA) is 114 Å². The highest BCUT2D eigenvalue weighted by atomic mass is 16.5. The number of carbonyl (C=O) groups excluding carboxylic acids is 2. The molecule has 0 spiro atoms. The third-order valence-corrected chi connectivity index (χ3v) is 6.91. The molecule has 1 fully saturated rings. The Kier molecular flexibility index (Phi) is 7.70. The summed E-state index contributed by atoms with van der Waals surface area (Å²) in [5.41, 5.74) is 3.35. The number of rotatable bonds is 9. The number of carboxylic acids is 1. The molecule has 2 aliphatic rings. The molecule has 8 nitrogen and oxygen atoms in total. The van der Waals surface area contributed by atoms with Crippen LogP contribution in [0.3, 0.4) is 0 Å². The van der Waals surface area contributed by atoms with Gasteiger partial charge >= 0.3 is 12.1 Å². The second-order valence-electron chi connectivity index (χ2n) is 9.27. The van der Waals surface area contributed by atoms with Gasteiger partial charge in [-0.1, -0.05) is 61.9 Å². The van der Waals surface area contributed by atoms with Gasteiger partial charge in [0, 0.05) is 19.1 Å². The maximum absolute atomic E-state index is 12.8. The fourth-order valence-corrected chi connectivity index (χ4v) is 4.96. The van der Waals surface area contributed by atoms with E-state index in [1.54, 1.807) is 0 Å². The Morgan fingerprint density at radius 1 is 1.11 bits per heavy atom. The Morgan fingerprint density at radius 2 is 1.77 bits per heavy atom. The lowest BCUT2D eigenvalue weighted by Gasteiger charge is -2.33. The van der Waals surface area contributed by atoms with E-state index in [0.29, 0.717) is 32.3 Å². The minimum atomic E-state index is -1.14. The van der Waals surface area contributed by atoms with E-state index in [2.05, 4.69) is 22.8 Å². The molecule has 2 atom stereocenters. The Hall–Kier alpha value is -3.39. The van der Waals surface area contributed by atoms with Crippen LogP contribution in [-0.4, -0.2) is 55.5 Å². The third-order valence-electron chi connectivity index (χ3n) is 6.91. The van der Waals surface area contributed by atoms with Crippen molar-refractivity contribution in [2.75, 3.05) is 26.4 Å². The summed E-state index contributed by atoms with van der Waals surface area (Å²) in [4.78, 5) is 37.3. The SMILES string of the molecule is CCC[C@H](NC(=O)OCC1c2ccccc2-c2ccccc21)C(=O)NCC1(C(=O)O)CCCOC1. The second-order valence-corrected chi connectivity index (χ2v) is 9.27. The van der Waals surface area contributed by atoms with E-state index in [-0.39, 0.29) is 25.7 Å². The molecule has 3 N–H and O–H groups in total. The average Bonchev–Trinajstić information content (AvgIpc) is 3.20. The molecule has 1 aliphatic carbocycles. The quantitative estimate of drug-likeness (QED) is 0.504. The smallest absolute Gasteiger partial charge is 0.407 e. The zero-order chi connectivity index (χ0) is 24.8. The molecule has 1 heterocycles. The maximum atomic E-state index is 12.8. The van der Waals surface area contributed by atoms with E-state index >= 15 is 0 Å². The minimum Gasteiger partial charge on any atom is -0.481 e. The highest BCUT2D eigenvalue weighted by molar-refractivity contribution is 5.86. The molecule has 0 saturated carbocycles. The van der Waals surface area contributed by atoms with Crippen molar-refractivity contribution >= 4 is 18.0 Å². The Labute approximate surface area is 205 Å². The van der Waals surface area contributed by atoms with E-state index in [0.717, 1.165) is 22.3 Å². The van der Waals surface area contributed by atoms with Gasteiger partial charge in [-0.15, -0.1) is 0 Å². The summed E-state index contributed by atoms with van der Waals surface area (Å²) in [6, 6.07) is 15.3. The van der Waals surface area contributed by atoms with Gasteiger partial charge in [0.15, 0.2) is 0 Å². The number of nitrogens with one attached hydrogen (secondary N) is 2. The molecule has 0 radical (unpaired) electrons. The van der Waals surface area contributed by atoms with E-state index < -0.39 is 29.4 Å². The number of hydrogen-bond acceptors (Lipinski definition) is 5. The first-order valence-electron chi connectivity index (χ1n) is 12.2. The summed E-state index contributed by atoms with van der Waals surface area (Å²) in [5.74, 6) is -1.49. The molecule has 0 bridgehead atoms. The zero-order valence-electron chi connectivity index (χ0n) is 19.9. The molecule has 1 aliphatic heterocycles. The van der Waals surface area contributed by atoms with Crippen molar-refractivity contribution < 1.29 is 29.0 Å². The number of alkyl carbamates (subject to hydrolysis) is 1. The first-order valence-corrected chi connectivity index (χ1v) is 12.2. The highest BCUT2D eigenvalue weighted by Gasteiger charge is 2.41. The standard InChI is InChI=1S/C27H32N2O6/c1-2-8-23(24(30)28-16-27(25(31)32)13-7-14-34-17-27)29-26(33)35-15-22-20-11-5-3-9-18(20)19-10-4-6-12-21(19)22/h3-6,9-12,22-23H,2,7-8,13-17H2,1H3,(H,28,30)(H,29,33)(H,31,32)/t23-,27?/m0/s1. The summed E-state index contributed by atoms with van der Waals surface area (Å²) in [5, 5.41) is 15.1. The van der Waals surface area contributed by atoms with Crippen LogP contribution in [0.25, 0.3) is 11.1 Å². The van der Waals surface area contributed by atoms with Crippen molar-refractivity contribution in [1.82, 2.24) is 10.6 Å². The van der Waals surface area contributed by atoms with E-state index in [4.69, 9.17) is 9.47 Å². The molecule has 2 amide bonds. The van der Waals surface area contributed by atoms with Crippen LogP contribution in [-0.2, 0) is 19.1 Å². The van der Waals surface area contributed by atoms with Crippen molar-refractivity contribution in [2.45, 2.75) is 44.6 Å².